The number of hydrogen-bond donors (Lipinski definition) is 4. The Balaban J connectivity index is 0.000000278. The average molecular weight is 1100 g/mol. The number of aromatic nitrogens is 2. The molecule has 1 amide bonds. The lowest BCUT2D eigenvalue weighted by Crippen LogP contribution is -2.66. The van der Waals surface area contributed by atoms with Gasteiger partial charge in [-0.25, -0.2) is 4.79 Å². The van der Waals surface area contributed by atoms with Crippen LogP contribution in [0.2, 0.25) is 10.1 Å². The second-order valence-electron chi connectivity index (χ2n) is 20.1. The minimum absolute atomic E-state index is 0. The smallest absolute Gasteiger partial charge is 0.337 e. The summed E-state index contributed by atoms with van der Waals surface area (Å²) >= 11 is 0. The number of carboxylic acid groups (broad SMARTS) is 1. The second-order valence-corrected chi connectivity index (χ2v) is 28.8. The number of aromatic carboxylic acids is 1. The number of amides is 1. The van der Waals surface area contributed by atoms with E-state index < -0.39 is 32.3 Å². The van der Waals surface area contributed by atoms with E-state index in [-0.39, 0.29) is 59.3 Å². The van der Waals surface area contributed by atoms with Gasteiger partial charge in [-0.05, 0) is 55.1 Å². The highest BCUT2D eigenvalue weighted by molar-refractivity contribution is 7.00. The van der Waals surface area contributed by atoms with E-state index in [1.165, 1.54) is 20.7 Å². The molecule has 0 spiro atoms. The minimum atomic E-state index is -2.67. The monoisotopic (exact) mass is 1100 g/mol. The Morgan fingerprint density at radius 2 is 1.07 bits per heavy atom. The molecule has 0 saturated carbocycles. The number of halogens is 1. The van der Waals surface area contributed by atoms with Gasteiger partial charge in [-0.2, -0.15) is 9.73 Å². The van der Waals surface area contributed by atoms with Crippen LogP contribution in [0.5, 0.6) is 0 Å². The second kappa shape index (κ2) is 30.1. The number of nitrogens with zero attached hydrogens (tertiary/aromatic N) is 3. The van der Waals surface area contributed by atoms with E-state index in [1.54, 1.807) is 35.5 Å². The molecule has 4 heterocycles. The lowest BCUT2D eigenvalue weighted by atomic mass is 10.1. The average Bonchev–Trinajstić information content (AvgIpc) is 3.59. The number of morpholine rings is 2. The molecule has 6 aromatic rings. The molecule has 4 aromatic carbocycles. The number of hydrogen-bond acceptors (Lipinski definition) is 11. The third-order valence-electron chi connectivity index (χ3n) is 13.3. The Bertz CT molecular complexity index is 2600. The number of ether oxygens (including phenoxy) is 2. The van der Waals surface area contributed by atoms with Crippen molar-refractivity contribution in [3.05, 3.63) is 181 Å². The maximum atomic E-state index is 13.4. The van der Waals surface area contributed by atoms with Gasteiger partial charge < -0.3 is 43.9 Å². The Kier molecular flexibility index (Phi) is 23.1. The molecule has 2 aliphatic heterocycles. The maximum absolute atomic E-state index is 13.4. The fraction of sp³-hybridized carbons (Fsp3) is 0.379. The molecule has 2 saturated heterocycles. The molecule has 2 aliphatic rings. The number of carbonyl (C=O) groups excluding carboxylic acids is 1. The molecule has 13 nitrogen and oxygen atoms in total. The molecular formula is C58H78ClN4O9PSi2. The van der Waals surface area contributed by atoms with Gasteiger partial charge in [-0.15, -0.1) is 12.4 Å². The fourth-order valence-electron chi connectivity index (χ4n) is 9.75. The van der Waals surface area contributed by atoms with Gasteiger partial charge in [0.1, 0.15) is 0 Å². The molecule has 404 valence electrons. The maximum Gasteiger partial charge on any atom is 0.337 e. The number of aliphatic hydroxyl groups is 2. The highest BCUT2D eigenvalue weighted by Crippen LogP contribution is 2.38. The summed E-state index contributed by atoms with van der Waals surface area (Å²) in [6.07, 6.45) is 4.32. The highest BCUT2D eigenvalue weighted by atomic mass is 35.5. The van der Waals surface area contributed by atoms with Crippen LogP contribution in [0.4, 0.5) is 0 Å². The molecule has 0 aliphatic carbocycles. The Morgan fingerprint density at radius 1 is 0.653 bits per heavy atom. The first-order valence-electron chi connectivity index (χ1n) is 26.5. The summed E-state index contributed by atoms with van der Waals surface area (Å²) in [6.45, 7) is 17.9. The highest BCUT2D eigenvalue weighted by Gasteiger charge is 2.51. The number of carboxylic acids is 1. The zero-order chi connectivity index (χ0) is 55.9. The summed E-state index contributed by atoms with van der Waals surface area (Å²) < 4.78 is 42.3. The van der Waals surface area contributed by atoms with Crippen LogP contribution in [0, 0.1) is 0 Å². The SMILES string of the molecule is CC(C)(C)[Si](OCCc1ncccc1C(=O)N1CCOC[C@H]1CO)(c1ccccc1)c1ccccc1.CC(C)(C)[Si](OCCc1ncccc1C(=O)O)(c1ccccc1)c1ccccc1.Cl.OC[C@@H]1COCCN1.[3H]P([3H])[3H]. The van der Waals surface area contributed by atoms with Crippen molar-refractivity contribution in [3.63, 3.8) is 0 Å². The number of rotatable bonds is 16. The molecule has 0 unspecified atom stereocenters. The summed E-state index contributed by atoms with van der Waals surface area (Å²) in [6, 6.07) is 48.6. The molecule has 0 radical (unpaired) electrons. The molecule has 75 heavy (non-hydrogen) atoms. The van der Waals surface area contributed by atoms with Crippen molar-refractivity contribution in [2.75, 3.05) is 65.9 Å². The van der Waals surface area contributed by atoms with Gasteiger partial charge in [0.05, 0.1) is 78.1 Å². The van der Waals surface area contributed by atoms with E-state index in [4.69, 9.17) is 27.3 Å². The van der Waals surface area contributed by atoms with Crippen LogP contribution in [0.25, 0.3) is 0 Å². The predicted octanol–water partition coefficient (Wildman–Crippen LogP) is 6.38. The molecule has 0 bridgehead atoms. The van der Waals surface area contributed by atoms with Crippen LogP contribution in [0.3, 0.4) is 0 Å². The Labute approximate surface area is 459 Å². The van der Waals surface area contributed by atoms with E-state index in [0.29, 0.717) is 69.4 Å². The number of benzene rings is 4. The summed E-state index contributed by atoms with van der Waals surface area (Å²) in [5.74, 6) is -1.08. The molecule has 4 N–H and O–H groups in total. The first-order chi connectivity index (χ1) is 36.9. The lowest BCUT2D eigenvalue weighted by molar-refractivity contribution is -0.0184. The summed E-state index contributed by atoms with van der Waals surface area (Å²) in [4.78, 5) is 35.5. The van der Waals surface area contributed by atoms with Gasteiger partial charge >= 0.3 is 5.97 Å². The number of pyridine rings is 2. The number of aliphatic hydroxyl groups excluding tert-OH is 2. The summed E-state index contributed by atoms with van der Waals surface area (Å²) in [5.41, 5.74) is 2.06. The van der Waals surface area contributed by atoms with Crippen molar-refractivity contribution in [2.24, 2.45) is 0 Å². The van der Waals surface area contributed by atoms with Gasteiger partial charge in [-0.1, -0.05) is 163 Å². The molecule has 17 heteroatoms. The molecule has 8 rings (SSSR count). The van der Waals surface area contributed by atoms with Gasteiger partial charge in [0.2, 0.25) is 0 Å². The predicted molar refractivity (Wildman–Crippen MR) is 311 cm³/mol. The normalized spacial score (nSPS) is 16.4. The largest absolute Gasteiger partial charge is 0.478 e. The zero-order valence-electron chi connectivity index (χ0n) is 47.1. The summed E-state index contributed by atoms with van der Waals surface area (Å²) in [5, 5.41) is 35.4. The van der Waals surface area contributed by atoms with E-state index >= 15 is 0 Å². The lowest BCUT2D eigenvalue weighted by Gasteiger charge is -2.43. The quantitative estimate of drug-likeness (QED) is 0.0624. The fourth-order valence-corrected chi connectivity index (χ4v) is 18.9. The third-order valence-corrected chi connectivity index (χ3v) is 23.4. The van der Waals surface area contributed by atoms with E-state index in [9.17, 15) is 19.8 Å². The van der Waals surface area contributed by atoms with Crippen LogP contribution in [0.15, 0.2) is 158 Å². The van der Waals surface area contributed by atoms with E-state index in [1.807, 2.05) is 30.3 Å². The topological polar surface area (TPSA) is 173 Å². The third kappa shape index (κ3) is 15.8. The van der Waals surface area contributed by atoms with Crippen molar-refractivity contribution in [2.45, 2.75) is 76.5 Å². The van der Waals surface area contributed by atoms with Crippen LogP contribution in [-0.4, -0.2) is 141 Å². The Hall–Kier alpha value is -5.01. The van der Waals surface area contributed by atoms with Crippen molar-refractivity contribution < 1.29 is 43.2 Å². The molecular weight excluding hydrogens is 1020 g/mol. The molecule has 2 aromatic heterocycles. The van der Waals surface area contributed by atoms with Gasteiger partial charge in [0.15, 0.2) is 0 Å². The van der Waals surface area contributed by atoms with Gasteiger partial charge in [0, 0.05) is 51.5 Å². The van der Waals surface area contributed by atoms with Crippen molar-refractivity contribution >= 4 is 71.4 Å². The van der Waals surface area contributed by atoms with Crippen LogP contribution in [-0.2, 0) is 31.2 Å². The number of carbonyl (C=O) groups is 2. The first kappa shape index (κ1) is 57.7. The zero-order valence-corrected chi connectivity index (χ0v) is 47.9. The van der Waals surface area contributed by atoms with Crippen LogP contribution >= 0.6 is 22.1 Å². The van der Waals surface area contributed by atoms with E-state index in [2.05, 4.69) is 154 Å². The standard InChI is InChI=1S/C29H36N2O4Si.C24H27NO3Si.C5H11NO2.ClH.H3P/c1-29(2,3)36(24-11-6-4-7-12-24,25-13-8-5-9-14-25)35-19-16-27-26(15-10-17-30-27)28(33)31-18-20-34-22-23(31)21-32;1-24(2,3)29(19-11-6-4-7-12-19,20-13-8-5-9-14-20)28-18-16-22-21(23(26)27)15-10-17-25-22;7-3-5-4-8-2-1-6-5;;/h4-15,17,23,32H,16,18-22H2,1-3H3;4-15,17H,16,18H2,1-3H3,(H,26,27);5-7H,1-4H2;1H;1H3/t23-;;5-;;/m1.1../s1/i;;;;1T3. The Morgan fingerprint density at radius 3 is 1.43 bits per heavy atom. The van der Waals surface area contributed by atoms with E-state index in [0.717, 1.165) is 13.2 Å². The summed E-state index contributed by atoms with van der Waals surface area (Å²) in [7, 11) is -7.16. The van der Waals surface area contributed by atoms with Gasteiger partial charge in [-0.3, -0.25) is 14.8 Å². The van der Waals surface area contributed by atoms with Gasteiger partial charge in [0.25, 0.3) is 22.5 Å². The first-order valence-corrected chi connectivity index (χ1v) is 29.0. The van der Waals surface area contributed by atoms with Crippen molar-refractivity contribution in [1.82, 2.24) is 20.2 Å². The van der Waals surface area contributed by atoms with Crippen LogP contribution < -0.4 is 26.1 Å². The minimum Gasteiger partial charge on any atom is -0.478 e. The number of nitrogens with one attached hydrogen (secondary N) is 1. The van der Waals surface area contributed by atoms with Crippen molar-refractivity contribution in [1.29, 1.82) is 3.84 Å². The molecule has 2 fully saturated rings. The van der Waals surface area contributed by atoms with Crippen molar-refractivity contribution in [3.8, 4) is 0 Å². The molecule has 2 atom stereocenters. The van der Waals surface area contributed by atoms with Crippen LogP contribution in [0.1, 0.15) is 73.6 Å².